The van der Waals surface area contributed by atoms with E-state index < -0.39 is 133 Å². The van der Waals surface area contributed by atoms with Crippen molar-refractivity contribution in [1.82, 2.24) is 52.4 Å². The number of H-pyrrole nitrogens is 1. The molecule has 5 rings (SSSR count). The number of guanidine groups is 1. The van der Waals surface area contributed by atoms with Gasteiger partial charge in [-0.3, -0.25) is 52.9 Å². The van der Waals surface area contributed by atoms with E-state index in [0.29, 0.717) is 34.0 Å². The number of aliphatic imine (C=N–C) groups is 1. The summed E-state index contributed by atoms with van der Waals surface area (Å²) in [5, 5.41) is 41.9. The zero-order valence-electron chi connectivity index (χ0n) is 50.3. The number of alkyl carbamates (subject to hydrolysis) is 1. The molecule has 1 aliphatic heterocycles. The van der Waals surface area contributed by atoms with Gasteiger partial charge in [0.05, 0.1) is 19.6 Å². The van der Waals surface area contributed by atoms with Crippen molar-refractivity contribution in [1.29, 1.82) is 0 Å². The lowest BCUT2D eigenvalue weighted by Gasteiger charge is -2.30. The average molecular weight is 1240 g/mol. The number of para-hydroxylation sites is 1. The van der Waals surface area contributed by atoms with Crippen LogP contribution in [-0.4, -0.2) is 166 Å². The molecule has 0 bridgehead atoms. The fourth-order valence-electron chi connectivity index (χ4n) is 9.91. The lowest BCUT2D eigenvalue weighted by Crippen LogP contribution is -2.61. The van der Waals surface area contributed by atoms with Gasteiger partial charge in [-0.2, -0.15) is 0 Å². The van der Waals surface area contributed by atoms with Gasteiger partial charge in [0.15, 0.2) is 5.96 Å². The molecule has 2 heterocycles. The van der Waals surface area contributed by atoms with E-state index in [-0.39, 0.29) is 88.2 Å². The Morgan fingerprint density at radius 1 is 0.629 bits per heavy atom. The Hall–Kier alpha value is -9.80. The maximum atomic E-state index is 14.5. The van der Waals surface area contributed by atoms with Crippen LogP contribution < -0.4 is 65.5 Å². The quantitative estimate of drug-likeness (QED) is 0.0143. The van der Waals surface area contributed by atoms with Crippen LogP contribution in [-0.2, 0) is 72.1 Å². The highest BCUT2D eigenvalue weighted by Gasteiger charge is 2.40. The predicted octanol–water partition coefficient (Wildman–Crippen LogP) is -1.53. The van der Waals surface area contributed by atoms with Crippen molar-refractivity contribution < 1.29 is 67.7 Å². The number of fused-ring (bicyclic) bond motifs is 1. The molecular formula is C60H83N15O14. The number of ether oxygens (including phenoxy) is 1. The number of benzene rings is 3. The van der Waals surface area contributed by atoms with Crippen molar-refractivity contribution >= 4 is 82.0 Å². The first-order valence-corrected chi connectivity index (χ1v) is 29.3. The Morgan fingerprint density at radius 2 is 1.17 bits per heavy atom. The van der Waals surface area contributed by atoms with Crippen molar-refractivity contribution in [3.8, 4) is 5.75 Å². The van der Waals surface area contributed by atoms with E-state index in [4.69, 9.17) is 27.7 Å². The number of phenolic OH excluding ortho intramolecular Hbond substituents is 1. The largest absolute Gasteiger partial charge is 0.508 e. The number of amides is 11. The van der Waals surface area contributed by atoms with Crippen molar-refractivity contribution in [2.75, 3.05) is 26.2 Å². The van der Waals surface area contributed by atoms with Gasteiger partial charge in [0.1, 0.15) is 60.7 Å². The van der Waals surface area contributed by atoms with Crippen LogP contribution in [0.5, 0.6) is 5.75 Å². The van der Waals surface area contributed by atoms with Gasteiger partial charge in [-0.05, 0) is 85.3 Å². The Kier molecular flexibility index (Phi) is 27.1. The lowest BCUT2D eigenvalue weighted by molar-refractivity contribution is -0.142. The molecule has 0 radical (unpaired) electrons. The summed E-state index contributed by atoms with van der Waals surface area (Å²) in [6.07, 6.45) is 0.237. The van der Waals surface area contributed by atoms with E-state index in [1.165, 1.54) is 29.2 Å². The van der Waals surface area contributed by atoms with Crippen LogP contribution in [0.4, 0.5) is 4.79 Å². The highest BCUT2D eigenvalue weighted by molar-refractivity contribution is 6.00. The number of aromatic hydroxyl groups is 1. The van der Waals surface area contributed by atoms with Crippen LogP contribution in [0.1, 0.15) is 89.3 Å². The van der Waals surface area contributed by atoms with Gasteiger partial charge >= 0.3 is 6.09 Å². The molecule has 1 aliphatic rings. The second-order valence-electron chi connectivity index (χ2n) is 22.5. The van der Waals surface area contributed by atoms with Crippen LogP contribution >= 0.6 is 0 Å². The van der Waals surface area contributed by atoms with Crippen molar-refractivity contribution in [3.05, 3.63) is 102 Å². The molecular weight excluding hydrogens is 1150 g/mol. The monoisotopic (exact) mass is 1240 g/mol. The summed E-state index contributed by atoms with van der Waals surface area (Å²) >= 11 is 0. The number of likely N-dealkylation sites (tertiary alicyclic amines) is 1. The molecule has 8 atom stereocenters. The van der Waals surface area contributed by atoms with Crippen LogP contribution in [0.3, 0.4) is 0 Å². The molecule has 3 aromatic carbocycles. The molecule has 4 aromatic rings. The molecule has 29 nitrogen and oxygen atoms in total. The molecule has 0 unspecified atom stereocenters. The summed E-state index contributed by atoms with van der Waals surface area (Å²) in [6.45, 7) is 5.68. The van der Waals surface area contributed by atoms with Gasteiger partial charge in [-0.1, -0.05) is 88.4 Å². The maximum absolute atomic E-state index is 14.5. The molecule has 29 heteroatoms. The number of aromatic nitrogens is 1. The first kappa shape index (κ1) is 70.0. The van der Waals surface area contributed by atoms with E-state index in [9.17, 15) is 63.0 Å². The number of nitrogens with zero attached hydrogens (tertiary/aromatic N) is 2. The summed E-state index contributed by atoms with van der Waals surface area (Å²) < 4.78 is 5.40. The number of aliphatic hydroxyl groups excluding tert-OH is 1. The normalized spacial score (nSPS) is 15.2. The fraction of sp³-hybridized carbons (Fsp3) is 0.467. The Morgan fingerprint density at radius 3 is 1.78 bits per heavy atom. The number of nitrogens with two attached hydrogens (primary N) is 4. The molecule has 0 saturated carbocycles. The van der Waals surface area contributed by atoms with Crippen LogP contribution in [0, 0.1) is 11.8 Å². The summed E-state index contributed by atoms with van der Waals surface area (Å²) in [6, 6.07) is 9.79. The minimum absolute atomic E-state index is 0.0422. The van der Waals surface area contributed by atoms with Crippen LogP contribution in [0.15, 0.2) is 90.1 Å². The van der Waals surface area contributed by atoms with E-state index in [2.05, 4.69) is 52.5 Å². The number of hydrogen-bond acceptors (Lipinski definition) is 15. The maximum Gasteiger partial charge on any atom is 0.408 e. The molecule has 89 heavy (non-hydrogen) atoms. The number of carbonyl (C=O) groups is 11. The van der Waals surface area contributed by atoms with Gasteiger partial charge in [0.25, 0.3) is 0 Å². The lowest BCUT2D eigenvalue weighted by atomic mass is 10.0. The van der Waals surface area contributed by atoms with Gasteiger partial charge in [-0.15, -0.1) is 0 Å². The van der Waals surface area contributed by atoms with Crippen molar-refractivity contribution in [2.24, 2.45) is 39.8 Å². The van der Waals surface area contributed by atoms with Gasteiger partial charge in [0.2, 0.25) is 59.1 Å². The molecule has 1 fully saturated rings. The summed E-state index contributed by atoms with van der Waals surface area (Å²) in [5.41, 5.74) is 24.2. The van der Waals surface area contributed by atoms with E-state index in [1.54, 1.807) is 74.6 Å². The second kappa shape index (κ2) is 34.5. The minimum atomic E-state index is -1.81. The van der Waals surface area contributed by atoms with E-state index >= 15 is 0 Å². The molecule has 1 aromatic heterocycles. The molecule has 0 spiro atoms. The van der Waals surface area contributed by atoms with Crippen molar-refractivity contribution in [2.45, 2.75) is 140 Å². The Balaban J connectivity index is 1.38. The Labute approximate surface area is 514 Å². The minimum Gasteiger partial charge on any atom is -0.508 e. The standard InChI is InChI=1S/C60H83N15O14/c1-33(2)24-42(51(80)68-41(16-10-22-65-59(63)64)58(87)75-23-11-17-48(75)57(86)67-30-50(62)79)69-55(84)46(28-49(61)78)72-53(82)44(26-35-18-20-38(77)21-19-35)70-56(85)47(31-76)73-54(83)45(27-37-29-66-40-15-9-8-14-39(37)40)71-52(81)43(25-34(3)4)74-60(88)89-32-36-12-6-5-7-13-36/h5-9,12-15,18-21,29,33-34,41-48,66,76-77H,10-11,16-17,22-28,30-32H2,1-4H3,(H2,61,78)(H2,62,79)(H,67,86)(H,68,80)(H,69,84)(H,70,85)(H,71,81)(H,72,82)(H,73,83)(H,74,88)(H4,63,64,65)/t41-,42-,43-,44-,45-,46+,47-,48-/m0/s1. The molecule has 482 valence electrons. The Bertz CT molecular complexity index is 3140. The van der Waals surface area contributed by atoms with Crippen molar-refractivity contribution in [3.63, 3.8) is 0 Å². The van der Waals surface area contributed by atoms with E-state index in [0.717, 1.165) is 0 Å². The third-order valence-electron chi connectivity index (χ3n) is 14.3. The second-order valence-corrected chi connectivity index (χ2v) is 22.5. The number of nitrogens with one attached hydrogen (secondary N) is 9. The fourth-order valence-corrected chi connectivity index (χ4v) is 9.91. The smallest absolute Gasteiger partial charge is 0.408 e. The topological polar surface area (TPSA) is 469 Å². The third kappa shape index (κ3) is 22.8. The first-order valence-electron chi connectivity index (χ1n) is 29.3. The number of aliphatic hydroxyl groups is 1. The summed E-state index contributed by atoms with van der Waals surface area (Å²) in [4.78, 5) is 159. The zero-order chi connectivity index (χ0) is 65.3. The zero-order valence-corrected chi connectivity index (χ0v) is 50.3. The van der Waals surface area contributed by atoms with Gasteiger partial charge in [0, 0.05) is 43.0 Å². The molecule has 0 aliphatic carbocycles. The third-order valence-corrected chi connectivity index (χ3v) is 14.3. The predicted molar refractivity (Wildman–Crippen MR) is 326 cm³/mol. The highest BCUT2D eigenvalue weighted by atomic mass is 16.5. The number of phenols is 1. The molecule has 1 saturated heterocycles. The first-order chi connectivity index (χ1) is 42.3. The molecule has 19 N–H and O–H groups in total. The highest BCUT2D eigenvalue weighted by Crippen LogP contribution is 2.22. The number of rotatable bonds is 34. The van der Waals surface area contributed by atoms with Crippen LogP contribution in [0.2, 0.25) is 0 Å². The van der Waals surface area contributed by atoms with Crippen LogP contribution in [0.25, 0.3) is 10.9 Å². The van der Waals surface area contributed by atoms with Gasteiger partial charge in [-0.25, -0.2) is 4.79 Å². The molecule has 11 amide bonds. The number of aromatic amines is 1. The summed E-state index contributed by atoms with van der Waals surface area (Å²) in [5.74, 6) is -9.89. The summed E-state index contributed by atoms with van der Waals surface area (Å²) in [7, 11) is 0. The number of carbonyl (C=O) groups excluding carboxylic acids is 11. The number of hydrogen-bond donors (Lipinski definition) is 15. The average Bonchev–Trinajstić information content (AvgIpc) is 3.32. The number of primary amides is 2. The SMILES string of the molecule is CC(C)C[C@H](NC(=O)OCc1ccccc1)C(=O)N[C@@H](Cc1c[nH]c2ccccc12)C(=O)N[C@@H](CO)C(=O)N[C@@H](Cc1ccc(O)cc1)C(=O)N[C@H](CC(N)=O)C(=O)N[C@@H](CC(C)C)C(=O)N[C@@H](CCCN=C(N)N)C(=O)N1CCC[C@H]1C(=O)NCC(N)=O. The van der Waals surface area contributed by atoms with Gasteiger partial charge < -0.3 is 90.3 Å². The van der Waals surface area contributed by atoms with E-state index in [1.807, 2.05) is 13.8 Å².